The molecule has 1 aliphatic heterocycles. The Bertz CT molecular complexity index is 1600. The summed E-state index contributed by atoms with van der Waals surface area (Å²) >= 11 is 0. The van der Waals surface area contributed by atoms with E-state index in [1.807, 2.05) is 84.1 Å². The van der Waals surface area contributed by atoms with Crippen molar-refractivity contribution < 1.29 is 22.5 Å². The van der Waals surface area contributed by atoms with Gasteiger partial charge in [0.15, 0.2) is 0 Å². The Labute approximate surface area is 253 Å². The van der Waals surface area contributed by atoms with E-state index in [1.54, 1.807) is 10.5 Å². The summed E-state index contributed by atoms with van der Waals surface area (Å²) in [5.41, 5.74) is 3.20. The molecule has 43 heavy (non-hydrogen) atoms. The minimum atomic E-state index is -3.55. The van der Waals surface area contributed by atoms with E-state index in [1.165, 1.54) is 0 Å². The quantitative estimate of drug-likeness (QED) is 0.326. The summed E-state index contributed by atoms with van der Waals surface area (Å²) in [5.74, 6) is 2.08. The van der Waals surface area contributed by atoms with Gasteiger partial charge in [-0.25, -0.2) is 17.7 Å². The molecule has 2 aromatic heterocycles. The monoisotopic (exact) mass is 605 g/mol. The number of nitrogens with zero attached hydrogens (tertiary/aromatic N) is 5. The number of rotatable bonds is 5. The smallest absolute Gasteiger partial charge is 0.227 e. The zero-order valence-corrected chi connectivity index (χ0v) is 25.6. The van der Waals surface area contributed by atoms with Crippen LogP contribution in [0.3, 0.4) is 0 Å². The lowest BCUT2D eigenvalue weighted by atomic mass is 10.1. The molecule has 0 saturated heterocycles. The molecule has 0 aliphatic carbocycles. The molecule has 0 N–H and O–H groups in total. The minimum absolute atomic E-state index is 0.0158. The third kappa shape index (κ3) is 7.91. The number of fused-ring (bicyclic) bond motifs is 4. The summed E-state index contributed by atoms with van der Waals surface area (Å²) in [5, 5.41) is 4.01. The topological polar surface area (TPSA) is 111 Å². The number of imidazole rings is 1. The van der Waals surface area contributed by atoms with E-state index in [9.17, 15) is 13.2 Å². The highest BCUT2D eigenvalue weighted by molar-refractivity contribution is 7.88. The SMILES string of the molecule is Cc1noc(C)c1CC(=O)N1CCCCN(S(=O)(=O)Cc2ccccc2)CCCOc2cccc(c2)-c2nccn2CC1. The lowest BCUT2D eigenvalue weighted by Gasteiger charge is -2.25. The predicted molar refractivity (Wildman–Crippen MR) is 164 cm³/mol. The van der Waals surface area contributed by atoms with Crippen LogP contribution in [0, 0.1) is 13.8 Å². The Morgan fingerprint density at radius 3 is 2.51 bits per heavy atom. The molecule has 10 nitrogen and oxygen atoms in total. The number of sulfonamides is 1. The summed E-state index contributed by atoms with van der Waals surface area (Å²) in [4.78, 5) is 20.0. The predicted octanol–water partition coefficient (Wildman–Crippen LogP) is 4.62. The number of hydrogen-bond acceptors (Lipinski definition) is 7. The molecule has 3 heterocycles. The van der Waals surface area contributed by atoms with Crippen molar-refractivity contribution in [3.8, 4) is 17.1 Å². The normalized spacial score (nSPS) is 15.8. The van der Waals surface area contributed by atoms with Gasteiger partial charge in [-0.1, -0.05) is 47.6 Å². The maximum absolute atomic E-state index is 13.6. The molecule has 4 aromatic rings. The Balaban J connectivity index is 1.37. The molecule has 1 aliphatic rings. The van der Waals surface area contributed by atoms with Gasteiger partial charge < -0.3 is 18.7 Å². The highest BCUT2D eigenvalue weighted by atomic mass is 32.2. The maximum Gasteiger partial charge on any atom is 0.227 e. The summed E-state index contributed by atoms with van der Waals surface area (Å²) in [6, 6.07) is 17.0. The number of carbonyl (C=O) groups excluding carboxylic acids is 1. The average molecular weight is 606 g/mol. The molecular formula is C32H39N5O5S. The van der Waals surface area contributed by atoms with Gasteiger partial charge in [0.1, 0.15) is 17.3 Å². The van der Waals surface area contributed by atoms with E-state index < -0.39 is 10.0 Å². The molecular weight excluding hydrogens is 566 g/mol. The van der Waals surface area contributed by atoms with Gasteiger partial charge in [-0.05, 0) is 50.8 Å². The van der Waals surface area contributed by atoms with Crippen LogP contribution in [0.5, 0.6) is 5.75 Å². The molecule has 0 unspecified atom stereocenters. The first-order valence-corrected chi connectivity index (χ1v) is 16.4. The second kappa shape index (κ2) is 14.0. The fraction of sp³-hybridized carbons (Fsp3) is 0.406. The van der Waals surface area contributed by atoms with Crippen molar-refractivity contribution in [1.29, 1.82) is 0 Å². The molecule has 0 spiro atoms. The molecule has 0 saturated carbocycles. The molecule has 0 fully saturated rings. The molecule has 0 atom stereocenters. The van der Waals surface area contributed by atoms with Crippen molar-refractivity contribution in [2.75, 3.05) is 32.8 Å². The summed E-state index contributed by atoms with van der Waals surface area (Å²) in [7, 11) is -3.55. The van der Waals surface area contributed by atoms with Gasteiger partial charge in [0.2, 0.25) is 15.9 Å². The lowest BCUT2D eigenvalue weighted by molar-refractivity contribution is -0.130. The van der Waals surface area contributed by atoms with E-state index in [4.69, 9.17) is 9.26 Å². The fourth-order valence-corrected chi connectivity index (χ4v) is 6.98. The zero-order chi connectivity index (χ0) is 30.2. The Morgan fingerprint density at radius 2 is 1.72 bits per heavy atom. The van der Waals surface area contributed by atoms with Crippen LogP contribution in [0.2, 0.25) is 0 Å². The standard InChI is InChI=1S/C32H39N5O5S/c1-25-30(26(2)42-34-25)23-31(38)35-15-6-7-16-37(43(39,40)24-27-10-4-3-5-11-27)17-9-21-41-29-13-8-12-28(22-29)32-33-14-18-36(32)20-19-35/h3-5,8,10-14,18,22H,6-7,9,15-17,19-21,23-24H2,1-2H3. The Morgan fingerprint density at radius 1 is 0.930 bits per heavy atom. The minimum Gasteiger partial charge on any atom is -0.494 e. The van der Waals surface area contributed by atoms with Gasteiger partial charge in [-0.3, -0.25) is 4.79 Å². The van der Waals surface area contributed by atoms with Gasteiger partial charge in [-0.2, -0.15) is 0 Å². The summed E-state index contributed by atoms with van der Waals surface area (Å²) in [6.07, 6.45) is 5.73. The van der Waals surface area contributed by atoms with Gasteiger partial charge in [0, 0.05) is 56.2 Å². The van der Waals surface area contributed by atoms with Crippen molar-refractivity contribution in [1.82, 2.24) is 23.9 Å². The van der Waals surface area contributed by atoms with E-state index >= 15 is 0 Å². The maximum atomic E-state index is 13.6. The van der Waals surface area contributed by atoms with Crippen LogP contribution in [-0.2, 0) is 33.5 Å². The number of benzene rings is 2. The third-order valence-corrected chi connectivity index (χ3v) is 9.62. The number of aromatic nitrogens is 3. The number of carbonyl (C=O) groups is 1. The third-order valence-electron chi connectivity index (χ3n) is 7.77. The van der Waals surface area contributed by atoms with Crippen molar-refractivity contribution in [3.05, 3.63) is 89.6 Å². The van der Waals surface area contributed by atoms with E-state index in [-0.39, 0.29) is 18.1 Å². The molecule has 11 heteroatoms. The average Bonchev–Trinajstić information content (AvgIpc) is 3.59. The summed E-state index contributed by atoms with van der Waals surface area (Å²) < 4.78 is 41.9. The van der Waals surface area contributed by atoms with Gasteiger partial charge in [0.25, 0.3) is 0 Å². The van der Waals surface area contributed by atoms with Crippen molar-refractivity contribution >= 4 is 15.9 Å². The van der Waals surface area contributed by atoms with E-state index in [2.05, 4.69) is 10.1 Å². The van der Waals surface area contributed by atoms with Crippen LogP contribution in [0.15, 0.2) is 71.5 Å². The molecule has 5 rings (SSSR count). The Hall–Kier alpha value is -3.96. The van der Waals surface area contributed by atoms with Gasteiger partial charge >= 0.3 is 0 Å². The second-order valence-corrected chi connectivity index (χ2v) is 12.9. The van der Waals surface area contributed by atoms with E-state index in [0.29, 0.717) is 70.1 Å². The van der Waals surface area contributed by atoms with Crippen LogP contribution in [0.25, 0.3) is 11.4 Å². The van der Waals surface area contributed by atoms with Crippen LogP contribution in [0.1, 0.15) is 41.8 Å². The Kier molecular flexibility index (Phi) is 9.93. The summed E-state index contributed by atoms with van der Waals surface area (Å²) in [6.45, 7) is 6.34. The first-order chi connectivity index (χ1) is 20.8. The van der Waals surface area contributed by atoms with Crippen LogP contribution < -0.4 is 4.74 Å². The van der Waals surface area contributed by atoms with Gasteiger partial charge in [-0.15, -0.1) is 0 Å². The number of hydrogen-bond donors (Lipinski definition) is 0. The number of ether oxygens (including phenoxy) is 1. The zero-order valence-electron chi connectivity index (χ0n) is 24.8. The van der Waals surface area contributed by atoms with E-state index in [0.717, 1.165) is 28.2 Å². The van der Waals surface area contributed by atoms with Crippen LogP contribution in [0.4, 0.5) is 0 Å². The lowest BCUT2D eigenvalue weighted by Crippen LogP contribution is -2.37. The molecule has 1 amide bonds. The highest BCUT2D eigenvalue weighted by Gasteiger charge is 2.23. The number of aryl methyl sites for hydroxylation is 2. The second-order valence-electron chi connectivity index (χ2n) is 10.9. The molecule has 2 bridgehead atoms. The van der Waals surface area contributed by atoms with Crippen molar-refractivity contribution in [2.24, 2.45) is 0 Å². The first kappa shape index (κ1) is 30.5. The highest BCUT2D eigenvalue weighted by Crippen LogP contribution is 2.24. The number of amides is 1. The van der Waals surface area contributed by atoms with Crippen molar-refractivity contribution in [2.45, 2.75) is 51.8 Å². The molecule has 228 valence electrons. The first-order valence-electron chi connectivity index (χ1n) is 14.8. The molecule has 2 aromatic carbocycles. The van der Waals surface area contributed by atoms with Crippen LogP contribution >= 0.6 is 0 Å². The fourth-order valence-electron chi connectivity index (χ4n) is 5.37. The molecule has 0 radical (unpaired) electrons. The van der Waals surface area contributed by atoms with Crippen LogP contribution in [-0.4, -0.2) is 71.0 Å². The van der Waals surface area contributed by atoms with Gasteiger partial charge in [0.05, 0.1) is 24.5 Å². The van der Waals surface area contributed by atoms with Crippen molar-refractivity contribution in [3.63, 3.8) is 0 Å². The largest absolute Gasteiger partial charge is 0.494 e.